The molecule has 6 heteroatoms. The van der Waals surface area contributed by atoms with E-state index in [1.807, 2.05) is 0 Å². The summed E-state index contributed by atoms with van der Waals surface area (Å²) in [5, 5.41) is 19.1. The van der Waals surface area contributed by atoms with Crippen molar-refractivity contribution >= 4 is 11.9 Å². The van der Waals surface area contributed by atoms with Crippen molar-refractivity contribution in [2.75, 3.05) is 26.2 Å². The molecule has 6 nitrogen and oxygen atoms in total. The van der Waals surface area contributed by atoms with Gasteiger partial charge in [0.05, 0.1) is 0 Å². The van der Waals surface area contributed by atoms with Gasteiger partial charge in [-0.15, -0.1) is 0 Å². The van der Waals surface area contributed by atoms with E-state index in [0.717, 1.165) is 6.04 Å². The van der Waals surface area contributed by atoms with Crippen molar-refractivity contribution in [1.82, 2.24) is 10.2 Å². The lowest BCUT2D eigenvalue weighted by Gasteiger charge is -2.34. The van der Waals surface area contributed by atoms with Crippen LogP contribution < -0.4 is 5.32 Å². The molecular formula is C13H22N2O4. The number of carboxylic acid groups (broad SMARTS) is 2. The molecule has 0 saturated carbocycles. The Balaban J connectivity index is 0.000000203. The molecule has 2 aliphatic heterocycles. The van der Waals surface area contributed by atoms with Crippen molar-refractivity contribution in [3.63, 3.8) is 0 Å². The van der Waals surface area contributed by atoms with Crippen LogP contribution in [0.1, 0.15) is 25.7 Å². The van der Waals surface area contributed by atoms with Gasteiger partial charge in [-0.3, -0.25) is 4.90 Å². The summed E-state index contributed by atoms with van der Waals surface area (Å²) in [5.41, 5.74) is 0. The number of hydrogen-bond acceptors (Lipinski definition) is 4. The summed E-state index contributed by atoms with van der Waals surface area (Å²) in [4.78, 5) is 21.8. The number of nitrogens with zero attached hydrogens (tertiary/aromatic N) is 1. The number of rotatable bonds is 2. The highest BCUT2D eigenvalue weighted by Crippen LogP contribution is 2.17. The van der Waals surface area contributed by atoms with Gasteiger partial charge in [-0.1, -0.05) is 12.8 Å². The van der Waals surface area contributed by atoms with Crippen molar-refractivity contribution < 1.29 is 19.8 Å². The number of carboxylic acids is 2. The van der Waals surface area contributed by atoms with Gasteiger partial charge < -0.3 is 15.5 Å². The van der Waals surface area contributed by atoms with Crippen LogP contribution in [0.25, 0.3) is 0 Å². The Bertz CT molecular complexity index is 301. The largest absolute Gasteiger partial charge is 0.478 e. The third-order valence-electron chi connectivity index (χ3n) is 3.32. The number of carbonyl (C=O) groups is 2. The van der Waals surface area contributed by atoms with E-state index < -0.39 is 11.9 Å². The van der Waals surface area contributed by atoms with E-state index in [4.69, 9.17) is 10.2 Å². The Morgan fingerprint density at radius 3 is 2.37 bits per heavy atom. The average molecular weight is 270 g/mol. The SMILES string of the molecule is C1CCC2CNCCN2CC1.O=C(O)/C=C/C(=O)O. The minimum atomic E-state index is -1.26. The molecule has 2 heterocycles. The number of aliphatic carboxylic acids is 2. The molecule has 0 spiro atoms. The number of nitrogens with one attached hydrogen (secondary N) is 1. The second-order valence-electron chi connectivity index (χ2n) is 4.75. The fraction of sp³-hybridized carbons (Fsp3) is 0.692. The Morgan fingerprint density at radius 2 is 1.74 bits per heavy atom. The van der Waals surface area contributed by atoms with Gasteiger partial charge in [-0.05, 0) is 19.4 Å². The molecule has 3 N–H and O–H groups in total. The van der Waals surface area contributed by atoms with Crippen LogP contribution in [0.15, 0.2) is 12.2 Å². The first-order valence-electron chi connectivity index (χ1n) is 6.68. The molecule has 2 aliphatic rings. The summed E-state index contributed by atoms with van der Waals surface area (Å²) < 4.78 is 0. The molecule has 0 aromatic carbocycles. The number of piperazine rings is 1. The molecule has 0 aromatic heterocycles. The Morgan fingerprint density at radius 1 is 1.05 bits per heavy atom. The zero-order valence-corrected chi connectivity index (χ0v) is 11.0. The highest BCUT2D eigenvalue weighted by Gasteiger charge is 2.22. The van der Waals surface area contributed by atoms with Crippen molar-refractivity contribution in [3.8, 4) is 0 Å². The molecule has 1 atom stereocenters. The fourth-order valence-corrected chi connectivity index (χ4v) is 2.40. The van der Waals surface area contributed by atoms with Crippen LogP contribution in [0, 0.1) is 0 Å². The van der Waals surface area contributed by atoms with Gasteiger partial charge in [0.15, 0.2) is 0 Å². The summed E-state index contributed by atoms with van der Waals surface area (Å²) in [6.07, 6.45) is 6.87. The van der Waals surface area contributed by atoms with Gasteiger partial charge in [0, 0.05) is 37.8 Å². The molecule has 2 rings (SSSR count). The molecule has 0 aromatic rings. The first kappa shape index (κ1) is 15.7. The van der Waals surface area contributed by atoms with E-state index in [1.54, 1.807) is 0 Å². The molecule has 0 aliphatic carbocycles. The Hall–Kier alpha value is -1.40. The lowest BCUT2D eigenvalue weighted by atomic mass is 10.1. The zero-order chi connectivity index (χ0) is 14.1. The smallest absolute Gasteiger partial charge is 0.328 e. The van der Waals surface area contributed by atoms with Gasteiger partial charge in [-0.25, -0.2) is 9.59 Å². The molecular weight excluding hydrogens is 248 g/mol. The first-order valence-corrected chi connectivity index (χ1v) is 6.68. The van der Waals surface area contributed by atoms with E-state index in [0.29, 0.717) is 12.2 Å². The Kier molecular flexibility index (Phi) is 7.14. The van der Waals surface area contributed by atoms with E-state index in [-0.39, 0.29) is 0 Å². The van der Waals surface area contributed by atoms with Crippen LogP contribution in [0.5, 0.6) is 0 Å². The van der Waals surface area contributed by atoms with Gasteiger partial charge in [0.25, 0.3) is 0 Å². The summed E-state index contributed by atoms with van der Waals surface area (Å²) in [6, 6.07) is 0.867. The standard InChI is InChI=1S/C9H18N2.C4H4O4/c1-2-4-9-8-10-5-7-11(9)6-3-1;5-3(6)1-2-4(7)8/h9-10H,1-8H2;1-2H,(H,5,6)(H,7,8)/b;2-1+. The predicted octanol–water partition coefficient (Wildman–Crippen LogP) is 0.546. The first-order chi connectivity index (χ1) is 9.09. The van der Waals surface area contributed by atoms with Gasteiger partial charge >= 0.3 is 11.9 Å². The molecule has 0 radical (unpaired) electrons. The molecule has 2 saturated heterocycles. The quantitative estimate of drug-likeness (QED) is 0.635. The molecule has 108 valence electrons. The molecule has 1 unspecified atom stereocenters. The topological polar surface area (TPSA) is 89.9 Å². The van der Waals surface area contributed by atoms with E-state index in [1.165, 1.54) is 51.9 Å². The normalized spacial score (nSPS) is 23.9. The van der Waals surface area contributed by atoms with Crippen molar-refractivity contribution in [2.24, 2.45) is 0 Å². The van der Waals surface area contributed by atoms with Crippen LogP contribution in [0.2, 0.25) is 0 Å². The highest BCUT2D eigenvalue weighted by atomic mass is 16.4. The van der Waals surface area contributed by atoms with Crippen LogP contribution in [-0.4, -0.2) is 59.3 Å². The van der Waals surface area contributed by atoms with E-state index >= 15 is 0 Å². The van der Waals surface area contributed by atoms with Crippen molar-refractivity contribution in [2.45, 2.75) is 31.7 Å². The Labute approximate surface area is 113 Å². The fourth-order valence-electron chi connectivity index (χ4n) is 2.40. The zero-order valence-electron chi connectivity index (χ0n) is 11.0. The minimum Gasteiger partial charge on any atom is -0.478 e. The van der Waals surface area contributed by atoms with E-state index in [9.17, 15) is 9.59 Å². The number of fused-ring (bicyclic) bond motifs is 1. The van der Waals surface area contributed by atoms with Crippen LogP contribution in [-0.2, 0) is 9.59 Å². The molecule has 2 fully saturated rings. The number of hydrogen-bond donors (Lipinski definition) is 3. The van der Waals surface area contributed by atoms with Crippen molar-refractivity contribution in [3.05, 3.63) is 12.2 Å². The molecule has 0 bridgehead atoms. The van der Waals surface area contributed by atoms with Crippen molar-refractivity contribution in [1.29, 1.82) is 0 Å². The minimum absolute atomic E-state index is 0.558. The molecule has 19 heavy (non-hydrogen) atoms. The lowest BCUT2D eigenvalue weighted by Crippen LogP contribution is -2.50. The van der Waals surface area contributed by atoms with Gasteiger partial charge in [-0.2, -0.15) is 0 Å². The maximum absolute atomic E-state index is 9.55. The monoisotopic (exact) mass is 270 g/mol. The third kappa shape index (κ3) is 6.93. The second kappa shape index (κ2) is 8.66. The van der Waals surface area contributed by atoms with Crippen LogP contribution in [0.4, 0.5) is 0 Å². The summed E-state index contributed by atoms with van der Waals surface area (Å²) in [7, 11) is 0. The van der Waals surface area contributed by atoms with Crippen LogP contribution >= 0.6 is 0 Å². The molecule has 0 amide bonds. The van der Waals surface area contributed by atoms with Gasteiger partial charge in [0.1, 0.15) is 0 Å². The summed E-state index contributed by atoms with van der Waals surface area (Å²) in [5.74, 6) is -2.51. The van der Waals surface area contributed by atoms with Gasteiger partial charge in [0.2, 0.25) is 0 Å². The lowest BCUT2D eigenvalue weighted by molar-refractivity contribution is -0.134. The summed E-state index contributed by atoms with van der Waals surface area (Å²) >= 11 is 0. The maximum Gasteiger partial charge on any atom is 0.328 e. The highest BCUT2D eigenvalue weighted by molar-refractivity contribution is 5.89. The maximum atomic E-state index is 9.55. The average Bonchev–Trinajstić information content (AvgIpc) is 2.62. The second-order valence-corrected chi connectivity index (χ2v) is 4.75. The summed E-state index contributed by atoms with van der Waals surface area (Å²) in [6.45, 7) is 5.08. The third-order valence-corrected chi connectivity index (χ3v) is 3.32. The predicted molar refractivity (Wildman–Crippen MR) is 71.1 cm³/mol. The van der Waals surface area contributed by atoms with E-state index in [2.05, 4.69) is 10.2 Å². The van der Waals surface area contributed by atoms with Crippen LogP contribution in [0.3, 0.4) is 0 Å².